The highest BCUT2D eigenvalue weighted by atomic mass is 16.5. The fraction of sp³-hybridized carbons (Fsp3) is 0.118. The van der Waals surface area contributed by atoms with E-state index in [1.54, 1.807) is 32.5 Å². The first kappa shape index (κ1) is 13.2. The van der Waals surface area contributed by atoms with Gasteiger partial charge in [0.25, 0.3) is 0 Å². The molecular weight excluding hydrogens is 266 g/mol. The average molecular weight is 281 g/mol. The summed E-state index contributed by atoms with van der Waals surface area (Å²) in [6.07, 6.45) is 1.72. The zero-order valence-electron chi connectivity index (χ0n) is 11.8. The Hall–Kier alpha value is -2.75. The molecule has 0 atom stereocenters. The minimum Gasteiger partial charge on any atom is -0.497 e. The van der Waals surface area contributed by atoms with Gasteiger partial charge in [0.1, 0.15) is 11.5 Å². The third-order valence-electron chi connectivity index (χ3n) is 3.49. The van der Waals surface area contributed by atoms with Crippen molar-refractivity contribution < 1.29 is 14.3 Å². The summed E-state index contributed by atoms with van der Waals surface area (Å²) in [4.78, 5) is 15.9. The zero-order valence-corrected chi connectivity index (χ0v) is 11.8. The molecule has 0 unspecified atom stereocenters. The number of H-pyrrole nitrogens is 1. The predicted octanol–water partition coefficient (Wildman–Crippen LogP) is 3.42. The summed E-state index contributed by atoms with van der Waals surface area (Å²) in [7, 11) is 3.17. The molecule has 1 heterocycles. The molecule has 0 spiro atoms. The van der Waals surface area contributed by atoms with Gasteiger partial charge in [0.15, 0.2) is 5.78 Å². The number of benzene rings is 2. The standard InChI is InChI=1S/C17H15NO3/c1-20-11-7-8-15-13(9-11)14(10-18-15)17(19)12-5-3-4-6-16(12)21-2/h3-10,18H,1-2H3. The number of ether oxygens (including phenoxy) is 2. The number of para-hydroxylation sites is 1. The molecule has 0 saturated heterocycles. The number of rotatable bonds is 4. The van der Waals surface area contributed by atoms with Crippen LogP contribution in [0.25, 0.3) is 10.9 Å². The molecule has 0 aliphatic rings. The molecule has 3 aromatic rings. The van der Waals surface area contributed by atoms with Crippen molar-refractivity contribution in [1.29, 1.82) is 0 Å². The van der Waals surface area contributed by atoms with Gasteiger partial charge in [0.05, 0.1) is 19.8 Å². The van der Waals surface area contributed by atoms with E-state index >= 15 is 0 Å². The average Bonchev–Trinajstić information content (AvgIpc) is 2.97. The van der Waals surface area contributed by atoms with E-state index in [-0.39, 0.29) is 5.78 Å². The molecule has 0 saturated carbocycles. The highest BCUT2D eigenvalue weighted by Gasteiger charge is 2.18. The molecule has 3 rings (SSSR count). The molecule has 106 valence electrons. The van der Waals surface area contributed by atoms with Crippen molar-refractivity contribution in [2.75, 3.05) is 14.2 Å². The van der Waals surface area contributed by atoms with Crippen molar-refractivity contribution >= 4 is 16.7 Å². The van der Waals surface area contributed by atoms with Gasteiger partial charge >= 0.3 is 0 Å². The van der Waals surface area contributed by atoms with Gasteiger partial charge in [0, 0.05) is 22.7 Å². The van der Waals surface area contributed by atoms with Crippen molar-refractivity contribution in [3.05, 3.63) is 59.8 Å². The van der Waals surface area contributed by atoms with Crippen molar-refractivity contribution in [2.24, 2.45) is 0 Å². The van der Waals surface area contributed by atoms with E-state index in [2.05, 4.69) is 4.98 Å². The summed E-state index contributed by atoms with van der Waals surface area (Å²) < 4.78 is 10.5. The molecule has 1 aromatic heterocycles. The van der Waals surface area contributed by atoms with Crippen LogP contribution in [0.2, 0.25) is 0 Å². The van der Waals surface area contributed by atoms with Gasteiger partial charge < -0.3 is 14.5 Å². The van der Waals surface area contributed by atoms with Crippen LogP contribution >= 0.6 is 0 Å². The topological polar surface area (TPSA) is 51.3 Å². The number of carbonyl (C=O) groups excluding carboxylic acids is 1. The van der Waals surface area contributed by atoms with Crippen molar-refractivity contribution in [3.63, 3.8) is 0 Å². The fourth-order valence-electron chi connectivity index (χ4n) is 2.39. The maximum atomic E-state index is 12.8. The van der Waals surface area contributed by atoms with Crippen molar-refractivity contribution in [2.45, 2.75) is 0 Å². The summed E-state index contributed by atoms with van der Waals surface area (Å²) in [5, 5.41) is 0.838. The number of carbonyl (C=O) groups is 1. The van der Waals surface area contributed by atoms with Gasteiger partial charge in [-0.15, -0.1) is 0 Å². The lowest BCUT2D eigenvalue weighted by atomic mass is 10.0. The highest BCUT2D eigenvalue weighted by molar-refractivity contribution is 6.17. The molecule has 0 radical (unpaired) electrons. The number of methoxy groups -OCH3 is 2. The van der Waals surface area contributed by atoms with Gasteiger partial charge in [-0.1, -0.05) is 12.1 Å². The second kappa shape index (κ2) is 5.32. The van der Waals surface area contributed by atoms with Crippen LogP contribution in [0.3, 0.4) is 0 Å². The minimum atomic E-state index is -0.0769. The van der Waals surface area contributed by atoms with E-state index in [1.165, 1.54) is 0 Å². The van der Waals surface area contributed by atoms with Gasteiger partial charge in [-0.3, -0.25) is 4.79 Å². The second-order valence-corrected chi connectivity index (χ2v) is 4.64. The Morgan fingerprint density at radius 2 is 1.81 bits per heavy atom. The van der Waals surface area contributed by atoms with E-state index in [9.17, 15) is 4.79 Å². The van der Waals surface area contributed by atoms with E-state index in [0.717, 1.165) is 16.7 Å². The molecule has 4 heteroatoms. The molecule has 21 heavy (non-hydrogen) atoms. The first-order valence-corrected chi connectivity index (χ1v) is 6.57. The number of hydrogen-bond donors (Lipinski definition) is 1. The van der Waals surface area contributed by atoms with Gasteiger partial charge in [-0.2, -0.15) is 0 Å². The van der Waals surface area contributed by atoms with E-state index in [0.29, 0.717) is 16.9 Å². The van der Waals surface area contributed by atoms with E-state index in [4.69, 9.17) is 9.47 Å². The summed E-state index contributed by atoms with van der Waals surface area (Å²) in [5.41, 5.74) is 2.05. The number of fused-ring (bicyclic) bond motifs is 1. The van der Waals surface area contributed by atoms with Crippen LogP contribution in [0.15, 0.2) is 48.7 Å². The van der Waals surface area contributed by atoms with Crippen LogP contribution < -0.4 is 9.47 Å². The van der Waals surface area contributed by atoms with Gasteiger partial charge in [-0.25, -0.2) is 0 Å². The van der Waals surface area contributed by atoms with Gasteiger partial charge in [-0.05, 0) is 30.3 Å². The highest BCUT2D eigenvalue weighted by Crippen LogP contribution is 2.28. The molecule has 4 nitrogen and oxygen atoms in total. The first-order chi connectivity index (χ1) is 10.2. The molecule has 1 N–H and O–H groups in total. The van der Waals surface area contributed by atoms with Crippen LogP contribution in [-0.4, -0.2) is 25.0 Å². The second-order valence-electron chi connectivity index (χ2n) is 4.64. The molecule has 0 amide bonds. The molecular formula is C17H15NO3. The lowest BCUT2D eigenvalue weighted by Crippen LogP contribution is -2.03. The molecule has 2 aromatic carbocycles. The minimum absolute atomic E-state index is 0.0769. The summed E-state index contributed by atoms with van der Waals surface area (Å²) >= 11 is 0. The van der Waals surface area contributed by atoms with Gasteiger partial charge in [0.2, 0.25) is 0 Å². The monoisotopic (exact) mass is 281 g/mol. The normalized spacial score (nSPS) is 10.6. The SMILES string of the molecule is COc1ccc2[nH]cc(C(=O)c3ccccc3OC)c2c1. The Kier molecular flexibility index (Phi) is 3.36. The third kappa shape index (κ3) is 2.25. The molecule has 0 aliphatic heterocycles. The number of hydrogen-bond acceptors (Lipinski definition) is 3. The smallest absolute Gasteiger partial charge is 0.198 e. The van der Waals surface area contributed by atoms with Crippen molar-refractivity contribution in [1.82, 2.24) is 4.98 Å². The molecule has 0 aliphatic carbocycles. The first-order valence-electron chi connectivity index (χ1n) is 6.57. The van der Waals surface area contributed by atoms with Crippen LogP contribution in [0.4, 0.5) is 0 Å². The maximum absolute atomic E-state index is 12.8. The fourth-order valence-corrected chi connectivity index (χ4v) is 2.39. The Bertz CT molecular complexity index is 805. The number of aromatic amines is 1. The molecule has 0 bridgehead atoms. The Labute approximate surface area is 122 Å². The lowest BCUT2D eigenvalue weighted by molar-refractivity contribution is 0.103. The summed E-state index contributed by atoms with van der Waals surface area (Å²) in [5.74, 6) is 1.21. The lowest BCUT2D eigenvalue weighted by Gasteiger charge is -2.06. The van der Waals surface area contributed by atoms with Crippen LogP contribution in [0, 0.1) is 0 Å². The Morgan fingerprint density at radius 1 is 1.00 bits per heavy atom. The van der Waals surface area contributed by atoms with Crippen molar-refractivity contribution in [3.8, 4) is 11.5 Å². The van der Waals surface area contributed by atoms with E-state index < -0.39 is 0 Å². The van der Waals surface area contributed by atoms with Crippen LogP contribution in [-0.2, 0) is 0 Å². The van der Waals surface area contributed by atoms with E-state index in [1.807, 2.05) is 30.3 Å². The van der Waals surface area contributed by atoms with Crippen LogP contribution in [0.1, 0.15) is 15.9 Å². The molecule has 0 fully saturated rings. The Balaban J connectivity index is 2.13. The third-order valence-corrected chi connectivity index (χ3v) is 3.49. The number of ketones is 1. The summed E-state index contributed by atoms with van der Waals surface area (Å²) in [6, 6.07) is 12.8. The summed E-state index contributed by atoms with van der Waals surface area (Å²) in [6.45, 7) is 0. The predicted molar refractivity (Wildman–Crippen MR) is 81.3 cm³/mol. The largest absolute Gasteiger partial charge is 0.497 e. The zero-order chi connectivity index (χ0) is 14.8. The number of aromatic nitrogens is 1. The number of nitrogens with one attached hydrogen (secondary N) is 1. The Morgan fingerprint density at radius 3 is 2.57 bits per heavy atom. The maximum Gasteiger partial charge on any atom is 0.198 e. The van der Waals surface area contributed by atoms with Crippen LogP contribution in [0.5, 0.6) is 11.5 Å². The quantitative estimate of drug-likeness (QED) is 0.745.